The van der Waals surface area contributed by atoms with Gasteiger partial charge in [0.05, 0.1) is 6.54 Å². The van der Waals surface area contributed by atoms with Crippen molar-refractivity contribution in [1.29, 1.82) is 0 Å². The van der Waals surface area contributed by atoms with Gasteiger partial charge in [-0.05, 0) is 42.8 Å². The van der Waals surface area contributed by atoms with Gasteiger partial charge in [0.2, 0.25) is 0 Å². The third kappa shape index (κ3) is 4.20. The van der Waals surface area contributed by atoms with Crippen LogP contribution in [0, 0.1) is 5.82 Å². The zero-order valence-corrected chi connectivity index (χ0v) is 16.3. The molecule has 1 aliphatic heterocycles. The lowest BCUT2D eigenvalue weighted by Gasteiger charge is -2.26. The molecule has 0 unspecified atom stereocenters. The third-order valence-corrected chi connectivity index (χ3v) is 4.86. The Hall–Kier alpha value is -3.61. The standard InChI is InChI=1S/C23H21FN2O4/c1-2-13-28-20-5-3-4-6-21(20)29-15-22(27)26-12-11-18-19(14-26)25-30-23(18)16-7-9-17(24)10-8-16/h2-10H,1,11-15H2. The molecule has 3 aromatic rings. The first-order chi connectivity index (χ1) is 14.7. The van der Waals surface area contributed by atoms with E-state index in [9.17, 15) is 9.18 Å². The fourth-order valence-electron chi connectivity index (χ4n) is 3.34. The van der Waals surface area contributed by atoms with Crippen molar-refractivity contribution < 1.29 is 23.2 Å². The van der Waals surface area contributed by atoms with Crippen molar-refractivity contribution in [2.24, 2.45) is 0 Å². The lowest BCUT2D eigenvalue weighted by molar-refractivity contribution is -0.134. The third-order valence-electron chi connectivity index (χ3n) is 4.86. The van der Waals surface area contributed by atoms with E-state index in [-0.39, 0.29) is 18.3 Å². The van der Waals surface area contributed by atoms with Crippen molar-refractivity contribution in [1.82, 2.24) is 10.1 Å². The summed E-state index contributed by atoms with van der Waals surface area (Å²) < 4.78 is 29.9. The highest BCUT2D eigenvalue weighted by molar-refractivity contribution is 5.78. The maximum absolute atomic E-state index is 13.2. The van der Waals surface area contributed by atoms with Crippen molar-refractivity contribution in [3.05, 3.63) is 78.3 Å². The number of hydrogen-bond acceptors (Lipinski definition) is 5. The molecule has 1 amide bonds. The van der Waals surface area contributed by atoms with Gasteiger partial charge in [0.15, 0.2) is 23.9 Å². The van der Waals surface area contributed by atoms with E-state index in [2.05, 4.69) is 11.7 Å². The van der Waals surface area contributed by atoms with Crippen LogP contribution in [0.25, 0.3) is 11.3 Å². The van der Waals surface area contributed by atoms with E-state index in [4.69, 9.17) is 14.0 Å². The molecule has 0 bridgehead atoms. The number of benzene rings is 2. The second-order valence-electron chi connectivity index (χ2n) is 6.84. The maximum atomic E-state index is 13.2. The molecular weight excluding hydrogens is 387 g/mol. The molecule has 1 aromatic heterocycles. The Balaban J connectivity index is 1.40. The van der Waals surface area contributed by atoms with E-state index < -0.39 is 0 Å². The SMILES string of the molecule is C=CCOc1ccccc1OCC(=O)N1CCc2c(noc2-c2ccc(F)cc2)C1. The van der Waals surface area contributed by atoms with Gasteiger partial charge in [-0.3, -0.25) is 4.79 Å². The lowest BCUT2D eigenvalue weighted by Crippen LogP contribution is -2.38. The zero-order chi connectivity index (χ0) is 20.9. The number of halogens is 1. The first kappa shape index (κ1) is 19.7. The topological polar surface area (TPSA) is 64.8 Å². The molecule has 2 heterocycles. The fourth-order valence-corrected chi connectivity index (χ4v) is 3.34. The first-order valence-electron chi connectivity index (χ1n) is 9.62. The van der Waals surface area contributed by atoms with Crippen molar-refractivity contribution >= 4 is 5.91 Å². The van der Waals surface area contributed by atoms with Gasteiger partial charge in [-0.15, -0.1) is 0 Å². The van der Waals surface area contributed by atoms with Crippen LogP contribution in [-0.2, 0) is 17.8 Å². The summed E-state index contributed by atoms with van der Waals surface area (Å²) in [4.78, 5) is 14.4. The summed E-state index contributed by atoms with van der Waals surface area (Å²) in [6.45, 7) is 4.75. The van der Waals surface area contributed by atoms with Gasteiger partial charge >= 0.3 is 0 Å². The predicted octanol–water partition coefficient (Wildman–Crippen LogP) is 4.01. The quantitative estimate of drug-likeness (QED) is 0.553. The summed E-state index contributed by atoms with van der Waals surface area (Å²) in [5, 5.41) is 4.12. The Morgan fingerprint density at radius 2 is 1.90 bits per heavy atom. The van der Waals surface area contributed by atoms with E-state index in [1.807, 2.05) is 12.1 Å². The summed E-state index contributed by atoms with van der Waals surface area (Å²) >= 11 is 0. The first-order valence-corrected chi connectivity index (χ1v) is 9.62. The van der Waals surface area contributed by atoms with Crippen molar-refractivity contribution in [2.45, 2.75) is 13.0 Å². The molecule has 30 heavy (non-hydrogen) atoms. The molecule has 2 aromatic carbocycles. The number of hydrogen-bond donors (Lipinski definition) is 0. The highest BCUT2D eigenvalue weighted by Gasteiger charge is 2.27. The van der Waals surface area contributed by atoms with Crippen LogP contribution < -0.4 is 9.47 Å². The number of para-hydroxylation sites is 2. The molecule has 6 nitrogen and oxygen atoms in total. The van der Waals surface area contributed by atoms with Gasteiger partial charge in [0.25, 0.3) is 5.91 Å². The Morgan fingerprint density at radius 1 is 1.17 bits per heavy atom. The average molecular weight is 408 g/mol. The Labute approximate surface area is 173 Å². The molecule has 4 rings (SSSR count). The van der Waals surface area contributed by atoms with Gasteiger partial charge in [-0.1, -0.05) is 29.9 Å². The number of aromatic nitrogens is 1. The summed E-state index contributed by atoms with van der Waals surface area (Å²) in [5.41, 5.74) is 2.43. The van der Waals surface area contributed by atoms with E-state index in [0.717, 1.165) is 11.1 Å². The van der Waals surface area contributed by atoms with Crippen LogP contribution >= 0.6 is 0 Å². The van der Waals surface area contributed by atoms with Gasteiger partial charge in [0, 0.05) is 17.7 Å². The molecule has 0 atom stereocenters. The van der Waals surface area contributed by atoms with E-state index in [1.165, 1.54) is 12.1 Å². The normalized spacial score (nSPS) is 12.9. The molecule has 0 saturated carbocycles. The summed E-state index contributed by atoms with van der Waals surface area (Å²) in [7, 11) is 0. The maximum Gasteiger partial charge on any atom is 0.260 e. The largest absolute Gasteiger partial charge is 0.486 e. The minimum Gasteiger partial charge on any atom is -0.486 e. The smallest absolute Gasteiger partial charge is 0.260 e. The Morgan fingerprint density at radius 3 is 2.63 bits per heavy atom. The molecule has 0 fully saturated rings. The molecule has 0 spiro atoms. The van der Waals surface area contributed by atoms with Crippen LogP contribution in [0.1, 0.15) is 11.3 Å². The molecule has 0 N–H and O–H groups in total. The van der Waals surface area contributed by atoms with Crippen LogP contribution in [0.3, 0.4) is 0 Å². The minimum atomic E-state index is -0.305. The molecule has 1 aliphatic rings. The van der Waals surface area contributed by atoms with Crippen molar-refractivity contribution in [3.63, 3.8) is 0 Å². The highest BCUT2D eigenvalue weighted by Crippen LogP contribution is 2.31. The Bertz CT molecular complexity index is 1050. The second kappa shape index (κ2) is 8.82. The molecular formula is C23H21FN2O4. The van der Waals surface area contributed by atoms with Crippen LogP contribution in [-0.4, -0.2) is 35.7 Å². The summed E-state index contributed by atoms with van der Waals surface area (Å²) in [6, 6.07) is 13.3. The number of carbonyl (C=O) groups is 1. The number of fused-ring (bicyclic) bond motifs is 1. The molecule has 7 heteroatoms. The number of ether oxygens (including phenoxy) is 2. The summed E-state index contributed by atoms with van der Waals surface area (Å²) in [6.07, 6.45) is 2.25. The van der Waals surface area contributed by atoms with Gasteiger partial charge in [-0.25, -0.2) is 4.39 Å². The second-order valence-corrected chi connectivity index (χ2v) is 6.84. The van der Waals surface area contributed by atoms with Crippen LogP contribution in [0.5, 0.6) is 11.5 Å². The Kier molecular flexibility index (Phi) is 5.79. The van der Waals surface area contributed by atoms with E-state index >= 15 is 0 Å². The van der Waals surface area contributed by atoms with E-state index in [0.29, 0.717) is 49.1 Å². The highest BCUT2D eigenvalue weighted by atomic mass is 19.1. The molecule has 0 radical (unpaired) electrons. The molecule has 0 aliphatic carbocycles. The average Bonchev–Trinajstić information content (AvgIpc) is 3.20. The van der Waals surface area contributed by atoms with E-state index in [1.54, 1.807) is 35.2 Å². The van der Waals surface area contributed by atoms with Gasteiger partial charge in [-0.2, -0.15) is 0 Å². The van der Waals surface area contributed by atoms with Crippen molar-refractivity contribution in [2.75, 3.05) is 19.8 Å². The molecule has 154 valence electrons. The van der Waals surface area contributed by atoms with Crippen LogP contribution in [0.4, 0.5) is 4.39 Å². The lowest BCUT2D eigenvalue weighted by atomic mass is 10.0. The van der Waals surface area contributed by atoms with Gasteiger partial charge in [0.1, 0.15) is 18.1 Å². The van der Waals surface area contributed by atoms with Gasteiger partial charge < -0.3 is 18.9 Å². The minimum absolute atomic E-state index is 0.105. The molecule has 0 saturated heterocycles. The number of amides is 1. The number of carbonyl (C=O) groups excluding carboxylic acids is 1. The zero-order valence-electron chi connectivity index (χ0n) is 16.3. The van der Waals surface area contributed by atoms with Crippen LogP contribution in [0.2, 0.25) is 0 Å². The number of rotatable bonds is 7. The fraction of sp³-hybridized carbons (Fsp3) is 0.217. The van der Waals surface area contributed by atoms with Crippen molar-refractivity contribution in [3.8, 4) is 22.8 Å². The number of nitrogens with zero attached hydrogens (tertiary/aromatic N) is 2. The van der Waals surface area contributed by atoms with Crippen LogP contribution in [0.15, 0.2) is 65.7 Å². The predicted molar refractivity (Wildman–Crippen MR) is 109 cm³/mol. The monoisotopic (exact) mass is 408 g/mol. The summed E-state index contributed by atoms with van der Waals surface area (Å²) in [5.74, 6) is 1.24.